The Kier molecular flexibility index (Phi) is 5.18. The van der Waals surface area contributed by atoms with Crippen LogP contribution in [0, 0.1) is 0 Å². The minimum Gasteiger partial charge on any atom is -0.390 e. The van der Waals surface area contributed by atoms with Crippen LogP contribution in [-0.2, 0) is 4.74 Å². The molecule has 2 unspecified atom stereocenters. The number of likely N-dealkylation sites (N-methyl/N-ethyl adjacent to an activating group) is 1. The van der Waals surface area contributed by atoms with E-state index in [1.807, 2.05) is 0 Å². The maximum absolute atomic E-state index is 9.97. The van der Waals surface area contributed by atoms with E-state index in [0.29, 0.717) is 12.6 Å². The number of aliphatic hydroxyl groups is 1. The largest absolute Gasteiger partial charge is 0.390 e. The first kappa shape index (κ1) is 13.2. The van der Waals surface area contributed by atoms with Crippen molar-refractivity contribution in [1.82, 2.24) is 15.1 Å². The summed E-state index contributed by atoms with van der Waals surface area (Å²) in [5, 5.41) is 13.4. The molecule has 2 fully saturated rings. The molecule has 0 amide bonds. The SMILES string of the molecule is CN1CCC(NCC(O)CN2CCOCC2)C1. The van der Waals surface area contributed by atoms with Crippen LogP contribution in [0.3, 0.4) is 0 Å². The molecule has 2 aliphatic heterocycles. The van der Waals surface area contributed by atoms with Crippen molar-refractivity contribution in [1.29, 1.82) is 0 Å². The number of hydrogen-bond acceptors (Lipinski definition) is 5. The second-order valence-electron chi connectivity index (χ2n) is 5.22. The van der Waals surface area contributed by atoms with Crippen molar-refractivity contribution in [3.05, 3.63) is 0 Å². The molecule has 2 N–H and O–H groups in total. The number of morpholine rings is 1. The summed E-state index contributed by atoms with van der Waals surface area (Å²) in [6.07, 6.45) is 0.930. The number of hydrogen-bond donors (Lipinski definition) is 2. The highest BCUT2D eigenvalue weighted by molar-refractivity contribution is 4.80. The molecule has 0 bridgehead atoms. The van der Waals surface area contributed by atoms with Crippen LogP contribution in [0.2, 0.25) is 0 Å². The van der Waals surface area contributed by atoms with Gasteiger partial charge in [-0.25, -0.2) is 0 Å². The first-order chi connectivity index (χ1) is 8.24. The van der Waals surface area contributed by atoms with E-state index < -0.39 is 0 Å². The van der Waals surface area contributed by atoms with Crippen LogP contribution in [0.25, 0.3) is 0 Å². The van der Waals surface area contributed by atoms with Crippen LogP contribution < -0.4 is 5.32 Å². The molecular formula is C12H25N3O2. The van der Waals surface area contributed by atoms with E-state index in [2.05, 4.69) is 22.2 Å². The van der Waals surface area contributed by atoms with Crippen LogP contribution in [-0.4, -0.2) is 86.6 Å². The molecule has 17 heavy (non-hydrogen) atoms. The van der Waals surface area contributed by atoms with E-state index in [9.17, 15) is 5.11 Å². The van der Waals surface area contributed by atoms with E-state index in [0.717, 1.165) is 45.9 Å². The second-order valence-corrected chi connectivity index (χ2v) is 5.22. The maximum atomic E-state index is 9.97. The zero-order chi connectivity index (χ0) is 12.1. The van der Waals surface area contributed by atoms with Crippen molar-refractivity contribution in [2.45, 2.75) is 18.6 Å². The highest BCUT2D eigenvalue weighted by atomic mass is 16.5. The van der Waals surface area contributed by atoms with Gasteiger partial charge in [0.05, 0.1) is 19.3 Å². The lowest BCUT2D eigenvalue weighted by atomic mass is 10.2. The van der Waals surface area contributed by atoms with Gasteiger partial charge in [-0.15, -0.1) is 0 Å². The number of nitrogens with zero attached hydrogens (tertiary/aromatic N) is 2. The molecule has 0 aromatic heterocycles. The minimum absolute atomic E-state index is 0.265. The van der Waals surface area contributed by atoms with Gasteiger partial charge in [-0.05, 0) is 20.0 Å². The Morgan fingerprint density at radius 3 is 2.76 bits per heavy atom. The topological polar surface area (TPSA) is 48.0 Å². The van der Waals surface area contributed by atoms with E-state index in [-0.39, 0.29) is 6.10 Å². The number of ether oxygens (including phenoxy) is 1. The molecule has 2 atom stereocenters. The quantitative estimate of drug-likeness (QED) is 0.647. The summed E-state index contributed by atoms with van der Waals surface area (Å²) >= 11 is 0. The first-order valence-corrected chi connectivity index (χ1v) is 6.64. The predicted octanol–water partition coefficient (Wildman–Crippen LogP) is -1.03. The molecule has 0 saturated carbocycles. The molecule has 0 spiro atoms. The van der Waals surface area contributed by atoms with E-state index >= 15 is 0 Å². The van der Waals surface area contributed by atoms with Gasteiger partial charge in [0.2, 0.25) is 0 Å². The number of β-amino-alcohol motifs (C(OH)–C–C–N with tert-alkyl or cyclic N) is 1. The summed E-state index contributed by atoms with van der Waals surface area (Å²) in [5.74, 6) is 0. The Morgan fingerprint density at radius 1 is 1.35 bits per heavy atom. The minimum atomic E-state index is -0.265. The maximum Gasteiger partial charge on any atom is 0.0791 e. The van der Waals surface area contributed by atoms with Crippen molar-refractivity contribution in [2.75, 3.05) is 59.5 Å². The fourth-order valence-electron chi connectivity index (χ4n) is 2.55. The predicted molar refractivity (Wildman–Crippen MR) is 67.2 cm³/mol. The third-order valence-electron chi connectivity index (χ3n) is 3.61. The van der Waals surface area contributed by atoms with Crippen LogP contribution in [0.1, 0.15) is 6.42 Å². The molecule has 2 heterocycles. The molecule has 2 aliphatic rings. The monoisotopic (exact) mass is 243 g/mol. The van der Waals surface area contributed by atoms with Gasteiger partial charge in [-0.3, -0.25) is 4.90 Å². The molecule has 0 radical (unpaired) electrons. The summed E-state index contributed by atoms with van der Waals surface area (Å²) in [6.45, 7) is 7.23. The fraction of sp³-hybridized carbons (Fsp3) is 1.00. The van der Waals surface area contributed by atoms with Crippen LogP contribution in [0.5, 0.6) is 0 Å². The standard InChI is InChI=1S/C12H25N3O2/c1-14-3-2-11(9-14)13-8-12(16)10-15-4-6-17-7-5-15/h11-13,16H,2-10H2,1H3. The van der Waals surface area contributed by atoms with Gasteiger partial charge in [-0.2, -0.15) is 0 Å². The number of likely N-dealkylation sites (tertiary alicyclic amines) is 1. The summed E-state index contributed by atoms with van der Waals surface area (Å²) in [5.41, 5.74) is 0. The highest BCUT2D eigenvalue weighted by Crippen LogP contribution is 2.06. The second kappa shape index (κ2) is 6.66. The molecule has 100 valence electrons. The van der Waals surface area contributed by atoms with Crippen molar-refractivity contribution in [2.24, 2.45) is 0 Å². The average molecular weight is 243 g/mol. The zero-order valence-corrected chi connectivity index (χ0v) is 10.8. The van der Waals surface area contributed by atoms with Gasteiger partial charge in [0.1, 0.15) is 0 Å². The van der Waals surface area contributed by atoms with Gasteiger partial charge in [0.25, 0.3) is 0 Å². The van der Waals surface area contributed by atoms with E-state index in [4.69, 9.17) is 4.74 Å². The molecule has 0 aliphatic carbocycles. The Hall–Kier alpha value is -0.200. The van der Waals surface area contributed by atoms with E-state index in [1.54, 1.807) is 0 Å². The van der Waals surface area contributed by atoms with Crippen molar-refractivity contribution >= 4 is 0 Å². The molecule has 2 rings (SSSR count). The van der Waals surface area contributed by atoms with E-state index in [1.165, 1.54) is 6.42 Å². The third-order valence-corrected chi connectivity index (χ3v) is 3.61. The molecule has 5 nitrogen and oxygen atoms in total. The van der Waals surface area contributed by atoms with Gasteiger partial charge in [0.15, 0.2) is 0 Å². The Bertz CT molecular complexity index is 222. The van der Waals surface area contributed by atoms with Crippen LogP contribution in [0.4, 0.5) is 0 Å². The van der Waals surface area contributed by atoms with Gasteiger partial charge in [-0.1, -0.05) is 0 Å². The lowest BCUT2D eigenvalue weighted by Gasteiger charge is -2.29. The summed E-state index contributed by atoms with van der Waals surface area (Å²) in [4.78, 5) is 4.60. The highest BCUT2D eigenvalue weighted by Gasteiger charge is 2.20. The molecule has 5 heteroatoms. The molecular weight excluding hydrogens is 218 g/mol. The molecule has 0 aromatic rings. The summed E-state index contributed by atoms with van der Waals surface area (Å²) in [6, 6.07) is 0.555. The smallest absolute Gasteiger partial charge is 0.0791 e. The van der Waals surface area contributed by atoms with Crippen molar-refractivity contribution in [3.63, 3.8) is 0 Å². The average Bonchev–Trinajstić information content (AvgIpc) is 2.74. The number of aliphatic hydroxyl groups excluding tert-OH is 1. The van der Waals surface area contributed by atoms with Crippen molar-refractivity contribution < 1.29 is 9.84 Å². The Labute approximate surface area is 104 Å². The number of rotatable bonds is 5. The first-order valence-electron chi connectivity index (χ1n) is 6.64. The normalized spacial score (nSPS) is 29.6. The summed E-state index contributed by atoms with van der Waals surface area (Å²) < 4.78 is 5.29. The zero-order valence-electron chi connectivity index (χ0n) is 10.8. The lowest BCUT2D eigenvalue weighted by Crippen LogP contribution is -2.45. The fourth-order valence-corrected chi connectivity index (χ4v) is 2.55. The molecule has 2 saturated heterocycles. The lowest BCUT2D eigenvalue weighted by molar-refractivity contribution is 0.0145. The molecule has 0 aromatic carbocycles. The van der Waals surface area contributed by atoms with Gasteiger partial charge in [0, 0.05) is 38.8 Å². The Morgan fingerprint density at radius 2 is 2.12 bits per heavy atom. The summed E-state index contributed by atoms with van der Waals surface area (Å²) in [7, 11) is 2.14. The van der Waals surface area contributed by atoms with Gasteiger partial charge >= 0.3 is 0 Å². The Balaban J connectivity index is 1.58. The van der Waals surface area contributed by atoms with Gasteiger partial charge < -0.3 is 20.1 Å². The number of nitrogens with one attached hydrogen (secondary N) is 1. The van der Waals surface area contributed by atoms with Crippen LogP contribution >= 0.6 is 0 Å². The van der Waals surface area contributed by atoms with Crippen molar-refractivity contribution in [3.8, 4) is 0 Å². The third kappa shape index (κ3) is 4.52. The van der Waals surface area contributed by atoms with Crippen LogP contribution in [0.15, 0.2) is 0 Å².